The lowest BCUT2D eigenvalue weighted by molar-refractivity contribution is -0.122. The molecule has 0 saturated heterocycles. The van der Waals surface area contributed by atoms with E-state index in [0.717, 1.165) is 12.8 Å². The number of carbonyl (C=O) groups excluding carboxylic acids is 1. The van der Waals surface area contributed by atoms with Crippen LogP contribution in [0.4, 0.5) is 0 Å². The van der Waals surface area contributed by atoms with Gasteiger partial charge in [0.15, 0.2) is 0 Å². The maximum Gasteiger partial charge on any atom is 0.242 e. The summed E-state index contributed by atoms with van der Waals surface area (Å²) in [5.74, 6) is -0.0117. The molecule has 1 heterocycles. The first-order valence-corrected chi connectivity index (χ1v) is 6.57. The fraction of sp³-hybridized carbons (Fsp3) is 0.750. The van der Waals surface area contributed by atoms with Crippen molar-refractivity contribution in [3.8, 4) is 0 Å². The highest BCUT2D eigenvalue weighted by Crippen LogP contribution is 2.17. The summed E-state index contributed by atoms with van der Waals surface area (Å²) in [6, 6.07) is 0.326. The van der Waals surface area contributed by atoms with Crippen LogP contribution < -0.4 is 5.32 Å². The van der Waals surface area contributed by atoms with Gasteiger partial charge in [-0.15, -0.1) is 5.10 Å². The molecule has 6 heteroatoms. The Morgan fingerprint density at radius 2 is 2.22 bits per heavy atom. The molecular weight excluding hydrogens is 232 g/mol. The smallest absolute Gasteiger partial charge is 0.242 e. The molecule has 1 fully saturated rings. The minimum atomic E-state index is -0.0117. The van der Waals surface area contributed by atoms with E-state index in [1.165, 1.54) is 23.9 Å². The van der Waals surface area contributed by atoms with Crippen molar-refractivity contribution < 1.29 is 9.90 Å². The van der Waals surface area contributed by atoms with Crippen molar-refractivity contribution >= 4 is 5.91 Å². The topological polar surface area (TPSA) is 80.0 Å². The Morgan fingerprint density at radius 1 is 1.44 bits per heavy atom. The fourth-order valence-corrected chi connectivity index (χ4v) is 2.31. The van der Waals surface area contributed by atoms with E-state index in [9.17, 15) is 4.79 Å². The second kappa shape index (κ2) is 6.49. The van der Waals surface area contributed by atoms with Crippen LogP contribution in [0, 0.1) is 0 Å². The third kappa shape index (κ3) is 3.80. The number of hydrogen-bond acceptors (Lipinski definition) is 4. The van der Waals surface area contributed by atoms with Crippen molar-refractivity contribution in [1.82, 2.24) is 20.3 Å². The van der Waals surface area contributed by atoms with Crippen molar-refractivity contribution in [1.29, 1.82) is 0 Å². The predicted octanol–water partition coefficient (Wildman–Crippen LogP) is 0.262. The Morgan fingerprint density at radius 3 is 2.94 bits per heavy atom. The third-order valence-electron chi connectivity index (χ3n) is 3.23. The Kier molecular flexibility index (Phi) is 4.69. The molecule has 1 saturated carbocycles. The molecule has 0 aromatic carbocycles. The van der Waals surface area contributed by atoms with Crippen LogP contribution in [-0.2, 0) is 17.8 Å². The van der Waals surface area contributed by atoms with Crippen molar-refractivity contribution in [3.63, 3.8) is 0 Å². The van der Waals surface area contributed by atoms with Crippen LogP contribution in [0.2, 0.25) is 0 Å². The van der Waals surface area contributed by atoms with Gasteiger partial charge in [0.05, 0.1) is 5.69 Å². The summed E-state index contributed by atoms with van der Waals surface area (Å²) in [6.07, 6.45) is 8.03. The molecule has 1 aromatic heterocycles. The van der Waals surface area contributed by atoms with Crippen molar-refractivity contribution in [2.75, 3.05) is 6.61 Å². The average Bonchev–Trinajstić information content (AvgIpc) is 2.78. The van der Waals surface area contributed by atoms with Gasteiger partial charge in [-0.25, -0.2) is 4.68 Å². The predicted molar refractivity (Wildman–Crippen MR) is 65.8 cm³/mol. The quantitative estimate of drug-likeness (QED) is 0.788. The first-order chi connectivity index (χ1) is 8.78. The zero-order valence-corrected chi connectivity index (χ0v) is 10.5. The Balaban J connectivity index is 1.78. The molecule has 2 N–H and O–H groups in total. The van der Waals surface area contributed by atoms with Crippen LogP contribution in [0.5, 0.6) is 0 Å². The lowest BCUT2D eigenvalue weighted by Crippen LogP contribution is -2.38. The maximum atomic E-state index is 11.8. The van der Waals surface area contributed by atoms with Crippen LogP contribution >= 0.6 is 0 Å². The molecule has 100 valence electrons. The molecule has 0 aliphatic heterocycles. The summed E-state index contributed by atoms with van der Waals surface area (Å²) >= 11 is 0. The maximum absolute atomic E-state index is 11.8. The zero-order chi connectivity index (χ0) is 12.8. The van der Waals surface area contributed by atoms with Gasteiger partial charge >= 0.3 is 0 Å². The van der Waals surface area contributed by atoms with Crippen LogP contribution in [-0.4, -0.2) is 38.7 Å². The number of amides is 1. The first-order valence-electron chi connectivity index (χ1n) is 6.57. The van der Waals surface area contributed by atoms with Crippen molar-refractivity contribution in [2.45, 2.75) is 51.1 Å². The van der Waals surface area contributed by atoms with Crippen LogP contribution in [0.15, 0.2) is 6.20 Å². The second-order valence-electron chi connectivity index (χ2n) is 4.78. The van der Waals surface area contributed by atoms with Crippen molar-refractivity contribution in [2.24, 2.45) is 0 Å². The minimum absolute atomic E-state index is 0.0117. The number of rotatable bonds is 5. The van der Waals surface area contributed by atoms with Gasteiger partial charge in [0.1, 0.15) is 6.54 Å². The molecule has 0 atom stereocenters. The number of nitrogens with one attached hydrogen (secondary N) is 1. The number of nitrogens with zero attached hydrogens (tertiary/aromatic N) is 3. The largest absolute Gasteiger partial charge is 0.396 e. The van der Waals surface area contributed by atoms with E-state index in [4.69, 9.17) is 5.11 Å². The molecule has 1 aliphatic carbocycles. The highest BCUT2D eigenvalue weighted by Gasteiger charge is 2.16. The van der Waals surface area contributed by atoms with E-state index >= 15 is 0 Å². The second-order valence-corrected chi connectivity index (χ2v) is 4.78. The average molecular weight is 252 g/mol. The third-order valence-corrected chi connectivity index (χ3v) is 3.23. The molecule has 1 aliphatic rings. The van der Waals surface area contributed by atoms with Gasteiger partial charge in [-0.2, -0.15) is 0 Å². The lowest BCUT2D eigenvalue weighted by atomic mass is 9.95. The van der Waals surface area contributed by atoms with Gasteiger partial charge < -0.3 is 10.4 Å². The van der Waals surface area contributed by atoms with Gasteiger partial charge in [0, 0.05) is 25.3 Å². The van der Waals surface area contributed by atoms with Crippen LogP contribution in [0.3, 0.4) is 0 Å². The van der Waals surface area contributed by atoms with E-state index < -0.39 is 0 Å². The van der Waals surface area contributed by atoms with E-state index in [0.29, 0.717) is 18.2 Å². The highest BCUT2D eigenvalue weighted by molar-refractivity contribution is 5.75. The lowest BCUT2D eigenvalue weighted by Gasteiger charge is -2.22. The number of carbonyl (C=O) groups is 1. The molecule has 0 spiro atoms. The molecule has 2 rings (SSSR count). The van der Waals surface area contributed by atoms with Gasteiger partial charge in [0.25, 0.3) is 0 Å². The van der Waals surface area contributed by atoms with Gasteiger partial charge in [-0.3, -0.25) is 4.79 Å². The fourth-order valence-electron chi connectivity index (χ4n) is 2.31. The van der Waals surface area contributed by atoms with E-state index in [-0.39, 0.29) is 19.1 Å². The number of aliphatic hydroxyl groups is 1. The van der Waals surface area contributed by atoms with E-state index in [1.54, 1.807) is 6.20 Å². The number of aromatic nitrogens is 3. The molecule has 0 bridgehead atoms. The molecule has 0 unspecified atom stereocenters. The summed E-state index contributed by atoms with van der Waals surface area (Å²) in [4.78, 5) is 11.8. The molecule has 1 aromatic rings. The zero-order valence-electron chi connectivity index (χ0n) is 10.5. The normalized spacial score (nSPS) is 16.7. The highest BCUT2D eigenvalue weighted by atomic mass is 16.3. The molecule has 0 radical (unpaired) electrons. The monoisotopic (exact) mass is 252 g/mol. The van der Waals surface area contributed by atoms with E-state index in [2.05, 4.69) is 15.6 Å². The molecule has 1 amide bonds. The van der Waals surface area contributed by atoms with Crippen molar-refractivity contribution in [3.05, 3.63) is 11.9 Å². The SMILES string of the molecule is O=C(Cn1cc(CCO)nn1)NC1CCCCC1. The number of hydrogen-bond donors (Lipinski definition) is 2. The summed E-state index contributed by atoms with van der Waals surface area (Å²) < 4.78 is 1.52. The van der Waals surface area contributed by atoms with Gasteiger partial charge in [0.2, 0.25) is 5.91 Å². The van der Waals surface area contributed by atoms with Gasteiger partial charge in [-0.1, -0.05) is 24.5 Å². The Labute approximate surface area is 106 Å². The van der Waals surface area contributed by atoms with E-state index in [1.807, 2.05) is 0 Å². The molecular formula is C12H20N4O2. The summed E-state index contributed by atoms with van der Waals surface area (Å²) in [6.45, 7) is 0.252. The Hall–Kier alpha value is -1.43. The first kappa shape index (κ1) is 13.0. The summed E-state index contributed by atoms with van der Waals surface area (Å²) in [5, 5.41) is 19.5. The summed E-state index contributed by atoms with van der Waals surface area (Å²) in [7, 11) is 0. The number of aliphatic hydroxyl groups excluding tert-OH is 1. The molecule has 6 nitrogen and oxygen atoms in total. The van der Waals surface area contributed by atoms with Crippen LogP contribution in [0.1, 0.15) is 37.8 Å². The minimum Gasteiger partial charge on any atom is -0.396 e. The summed E-state index contributed by atoms with van der Waals surface area (Å²) in [5.41, 5.74) is 0.711. The van der Waals surface area contributed by atoms with Gasteiger partial charge in [-0.05, 0) is 12.8 Å². The Bertz CT molecular complexity index is 385. The standard InChI is InChI=1S/C12H20N4O2/c17-7-6-11-8-16(15-14-11)9-12(18)13-10-4-2-1-3-5-10/h8,10,17H,1-7,9H2,(H,13,18). The molecule has 18 heavy (non-hydrogen) atoms. The van der Waals surface area contributed by atoms with Crippen LogP contribution in [0.25, 0.3) is 0 Å².